The highest BCUT2D eigenvalue weighted by Crippen LogP contribution is 2.23. The molecule has 25 heavy (non-hydrogen) atoms. The molecule has 2 rings (SSSR count). The number of carbonyl (C=O) groups is 2. The third-order valence-corrected chi connectivity index (χ3v) is 4.43. The van der Waals surface area contributed by atoms with Gasteiger partial charge in [0.25, 0.3) is 0 Å². The number of amides is 2. The molecule has 0 N–H and O–H groups in total. The molecule has 1 atom stereocenters. The Hall–Kier alpha value is -2.05. The van der Waals surface area contributed by atoms with E-state index in [0.717, 1.165) is 5.56 Å². The lowest BCUT2D eigenvalue weighted by Gasteiger charge is -2.31. The van der Waals surface area contributed by atoms with E-state index in [1.807, 2.05) is 37.3 Å². The van der Waals surface area contributed by atoms with Crippen molar-refractivity contribution in [3.63, 3.8) is 0 Å². The van der Waals surface area contributed by atoms with E-state index in [4.69, 9.17) is 0 Å². The quantitative estimate of drug-likeness (QED) is 0.812. The van der Waals surface area contributed by atoms with Crippen molar-refractivity contribution in [2.45, 2.75) is 51.4 Å². The average molecular weight is 356 g/mol. The van der Waals surface area contributed by atoms with Gasteiger partial charge in [0.1, 0.15) is 0 Å². The summed E-state index contributed by atoms with van der Waals surface area (Å²) in [5.74, 6) is -0.605. The molecule has 1 fully saturated rings. The van der Waals surface area contributed by atoms with Crippen molar-refractivity contribution in [1.29, 1.82) is 0 Å². The largest absolute Gasteiger partial charge is 0.389 e. The summed E-state index contributed by atoms with van der Waals surface area (Å²) in [6.45, 7) is 2.82. The molecule has 4 nitrogen and oxygen atoms in total. The number of rotatable bonds is 5. The van der Waals surface area contributed by atoms with Crippen LogP contribution in [0.2, 0.25) is 0 Å². The maximum atomic E-state index is 12.5. The Morgan fingerprint density at radius 3 is 2.52 bits per heavy atom. The van der Waals surface area contributed by atoms with E-state index in [0.29, 0.717) is 13.0 Å². The zero-order valence-electron chi connectivity index (χ0n) is 14.3. The molecule has 0 unspecified atom stereocenters. The molecule has 1 aromatic carbocycles. The van der Waals surface area contributed by atoms with Gasteiger partial charge < -0.3 is 9.80 Å². The molecule has 1 aromatic rings. The van der Waals surface area contributed by atoms with Crippen LogP contribution < -0.4 is 0 Å². The Morgan fingerprint density at radius 2 is 1.92 bits per heavy atom. The predicted octanol–water partition coefficient (Wildman–Crippen LogP) is 3.37. The summed E-state index contributed by atoms with van der Waals surface area (Å²) in [4.78, 5) is 27.8. The second kappa shape index (κ2) is 8.36. The van der Waals surface area contributed by atoms with Gasteiger partial charge >= 0.3 is 6.18 Å². The highest BCUT2D eigenvalue weighted by Gasteiger charge is 2.33. The van der Waals surface area contributed by atoms with Crippen LogP contribution >= 0.6 is 0 Å². The Kier molecular flexibility index (Phi) is 6.45. The minimum Gasteiger partial charge on any atom is -0.340 e. The summed E-state index contributed by atoms with van der Waals surface area (Å²) in [7, 11) is 0. The lowest BCUT2D eigenvalue weighted by molar-refractivity contribution is -0.149. The molecule has 0 saturated carbocycles. The second-order valence-electron chi connectivity index (χ2n) is 6.27. The Bertz CT molecular complexity index is 590. The van der Waals surface area contributed by atoms with E-state index in [2.05, 4.69) is 0 Å². The monoisotopic (exact) mass is 356 g/mol. The Labute approximate surface area is 145 Å². The SMILES string of the molecule is CC[C@@H]1CN(C(=O)CCC(F)(F)F)CCC(=O)N1Cc1ccccc1. The molecule has 0 radical (unpaired) electrons. The molecule has 2 amide bonds. The van der Waals surface area contributed by atoms with Crippen LogP contribution in [0.3, 0.4) is 0 Å². The first-order valence-corrected chi connectivity index (χ1v) is 8.48. The standard InChI is InChI=1S/C18H23F3N2O2/c1-2-15-13-22(16(24)8-10-18(19,20)21)11-9-17(25)23(15)12-14-6-4-3-5-7-14/h3-7,15H,2,8-13H2,1H3/t15-/m1/s1. The number of halogens is 3. The van der Waals surface area contributed by atoms with E-state index in [1.165, 1.54) is 4.90 Å². The van der Waals surface area contributed by atoms with Gasteiger partial charge in [0, 0.05) is 38.5 Å². The fourth-order valence-corrected chi connectivity index (χ4v) is 3.00. The van der Waals surface area contributed by atoms with Crippen LogP contribution in [0.4, 0.5) is 13.2 Å². The number of carbonyl (C=O) groups excluding carboxylic acids is 2. The first kappa shape index (κ1) is 19.3. The molecule has 1 saturated heterocycles. The van der Waals surface area contributed by atoms with Gasteiger partial charge in [-0.25, -0.2) is 0 Å². The predicted molar refractivity (Wildman–Crippen MR) is 87.6 cm³/mol. The van der Waals surface area contributed by atoms with Crippen molar-refractivity contribution in [3.8, 4) is 0 Å². The van der Waals surface area contributed by atoms with Gasteiger partial charge in [-0.2, -0.15) is 13.2 Å². The number of nitrogens with zero attached hydrogens (tertiary/aromatic N) is 2. The van der Waals surface area contributed by atoms with E-state index in [1.54, 1.807) is 4.90 Å². The number of hydrogen-bond acceptors (Lipinski definition) is 2. The van der Waals surface area contributed by atoms with Crippen LogP contribution in [0.5, 0.6) is 0 Å². The molecule has 1 heterocycles. The van der Waals surface area contributed by atoms with Crippen LogP contribution in [0.25, 0.3) is 0 Å². The third kappa shape index (κ3) is 5.76. The highest BCUT2D eigenvalue weighted by atomic mass is 19.4. The van der Waals surface area contributed by atoms with Crippen molar-refractivity contribution >= 4 is 11.8 Å². The summed E-state index contributed by atoms with van der Waals surface area (Å²) in [6.07, 6.45) is -5.25. The fraction of sp³-hybridized carbons (Fsp3) is 0.556. The fourth-order valence-electron chi connectivity index (χ4n) is 3.00. The van der Waals surface area contributed by atoms with Crippen LogP contribution in [0, 0.1) is 0 Å². The molecular weight excluding hydrogens is 333 g/mol. The third-order valence-electron chi connectivity index (χ3n) is 4.43. The lowest BCUT2D eigenvalue weighted by Crippen LogP contribution is -2.43. The highest BCUT2D eigenvalue weighted by molar-refractivity contribution is 5.80. The van der Waals surface area contributed by atoms with Crippen LogP contribution in [0.15, 0.2) is 30.3 Å². The zero-order chi connectivity index (χ0) is 18.4. The first-order valence-electron chi connectivity index (χ1n) is 8.48. The van der Waals surface area contributed by atoms with Gasteiger partial charge in [-0.1, -0.05) is 37.3 Å². The normalized spacial score (nSPS) is 19.0. The minimum absolute atomic E-state index is 0.0678. The number of alkyl halides is 3. The summed E-state index contributed by atoms with van der Waals surface area (Å²) >= 11 is 0. The molecule has 138 valence electrons. The van der Waals surface area contributed by atoms with E-state index in [-0.39, 0.29) is 31.5 Å². The smallest absolute Gasteiger partial charge is 0.340 e. The van der Waals surface area contributed by atoms with Crippen LogP contribution in [-0.4, -0.2) is 46.9 Å². The van der Waals surface area contributed by atoms with Gasteiger partial charge in [-0.3, -0.25) is 9.59 Å². The lowest BCUT2D eigenvalue weighted by atomic mass is 10.1. The number of benzene rings is 1. The van der Waals surface area contributed by atoms with E-state index < -0.39 is 24.9 Å². The van der Waals surface area contributed by atoms with Crippen molar-refractivity contribution in [2.75, 3.05) is 13.1 Å². The first-order chi connectivity index (χ1) is 11.8. The van der Waals surface area contributed by atoms with Gasteiger partial charge in [0.05, 0.1) is 6.42 Å². The molecule has 0 spiro atoms. The molecule has 1 aliphatic rings. The summed E-state index contributed by atoms with van der Waals surface area (Å²) in [5.41, 5.74) is 0.992. The Balaban J connectivity index is 2.05. The van der Waals surface area contributed by atoms with Gasteiger partial charge in [-0.05, 0) is 12.0 Å². The molecule has 0 aliphatic carbocycles. The maximum absolute atomic E-state index is 12.5. The van der Waals surface area contributed by atoms with E-state index in [9.17, 15) is 22.8 Å². The molecule has 0 aromatic heterocycles. The summed E-state index contributed by atoms with van der Waals surface area (Å²) in [6, 6.07) is 9.35. The van der Waals surface area contributed by atoms with Gasteiger partial charge in [0.15, 0.2) is 0 Å². The molecular formula is C18H23F3N2O2. The molecule has 1 aliphatic heterocycles. The zero-order valence-corrected chi connectivity index (χ0v) is 14.3. The van der Waals surface area contributed by atoms with Crippen molar-refractivity contribution in [2.24, 2.45) is 0 Å². The van der Waals surface area contributed by atoms with Crippen molar-refractivity contribution < 1.29 is 22.8 Å². The maximum Gasteiger partial charge on any atom is 0.389 e. The Morgan fingerprint density at radius 1 is 1.24 bits per heavy atom. The average Bonchev–Trinajstić information content (AvgIpc) is 2.73. The second-order valence-corrected chi connectivity index (χ2v) is 6.27. The van der Waals surface area contributed by atoms with Gasteiger partial charge in [-0.15, -0.1) is 0 Å². The topological polar surface area (TPSA) is 40.6 Å². The van der Waals surface area contributed by atoms with Crippen LogP contribution in [-0.2, 0) is 16.1 Å². The van der Waals surface area contributed by atoms with Crippen molar-refractivity contribution in [3.05, 3.63) is 35.9 Å². The molecule has 7 heteroatoms. The van der Waals surface area contributed by atoms with E-state index >= 15 is 0 Å². The van der Waals surface area contributed by atoms with Gasteiger partial charge in [0.2, 0.25) is 11.8 Å². The van der Waals surface area contributed by atoms with Crippen LogP contribution in [0.1, 0.15) is 38.2 Å². The minimum atomic E-state index is -4.35. The summed E-state index contributed by atoms with van der Waals surface area (Å²) in [5, 5.41) is 0. The molecule has 0 bridgehead atoms. The summed E-state index contributed by atoms with van der Waals surface area (Å²) < 4.78 is 37.0. The van der Waals surface area contributed by atoms with Crippen molar-refractivity contribution in [1.82, 2.24) is 9.80 Å². The number of hydrogen-bond donors (Lipinski definition) is 0.